The first kappa shape index (κ1) is 16.8. The molecule has 0 aromatic carbocycles. The summed E-state index contributed by atoms with van der Waals surface area (Å²) in [7, 11) is -1.68. The highest BCUT2D eigenvalue weighted by Crippen LogP contribution is 2.37. The lowest BCUT2D eigenvalue weighted by molar-refractivity contribution is 0.168. The van der Waals surface area contributed by atoms with Crippen molar-refractivity contribution in [1.29, 1.82) is 0 Å². The standard InChI is InChI=1S/C15H28ClNOSi/c1-12-9-8-10-14(16)17(12)13(2)11-18-19(6,7)15(3,4)5/h8-10,13-14H,11H2,1-7H3. The number of alkyl halides is 1. The van der Waals surface area contributed by atoms with Gasteiger partial charge in [0.2, 0.25) is 0 Å². The molecule has 0 N–H and O–H groups in total. The topological polar surface area (TPSA) is 12.5 Å². The largest absolute Gasteiger partial charge is 0.415 e. The molecule has 1 heterocycles. The summed E-state index contributed by atoms with van der Waals surface area (Å²) in [6, 6.07) is 0.290. The van der Waals surface area contributed by atoms with Gasteiger partial charge in [0, 0.05) is 11.7 Å². The van der Waals surface area contributed by atoms with E-state index in [1.54, 1.807) is 0 Å². The lowest BCUT2D eigenvalue weighted by Crippen LogP contribution is -2.46. The van der Waals surface area contributed by atoms with Crippen LogP contribution >= 0.6 is 11.6 Å². The van der Waals surface area contributed by atoms with Crippen molar-refractivity contribution in [2.45, 2.75) is 64.3 Å². The van der Waals surface area contributed by atoms with Crippen molar-refractivity contribution in [3.8, 4) is 0 Å². The van der Waals surface area contributed by atoms with Gasteiger partial charge in [-0.15, -0.1) is 0 Å². The van der Waals surface area contributed by atoms with E-state index >= 15 is 0 Å². The third kappa shape index (κ3) is 4.10. The molecule has 19 heavy (non-hydrogen) atoms. The average molecular weight is 302 g/mol. The molecule has 0 amide bonds. The SMILES string of the molecule is CC1=CC=CC(Cl)N1C(C)CO[Si](C)(C)C(C)(C)C. The van der Waals surface area contributed by atoms with Crippen molar-refractivity contribution in [1.82, 2.24) is 4.90 Å². The van der Waals surface area contributed by atoms with Crippen molar-refractivity contribution in [3.63, 3.8) is 0 Å². The molecule has 1 aliphatic rings. The Hall–Kier alpha value is -0.253. The van der Waals surface area contributed by atoms with E-state index in [0.29, 0.717) is 0 Å². The molecule has 2 atom stereocenters. The molecule has 0 saturated heterocycles. The van der Waals surface area contributed by atoms with Gasteiger partial charge in [0.05, 0.1) is 6.61 Å². The van der Waals surface area contributed by atoms with Gasteiger partial charge >= 0.3 is 0 Å². The van der Waals surface area contributed by atoms with Gasteiger partial charge in [-0.3, -0.25) is 0 Å². The van der Waals surface area contributed by atoms with E-state index in [2.05, 4.69) is 58.7 Å². The van der Waals surface area contributed by atoms with Crippen LogP contribution in [-0.4, -0.2) is 31.4 Å². The summed E-state index contributed by atoms with van der Waals surface area (Å²) < 4.78 is 6.29. The molecule has 0 aromatic rings. The molecule has 0 saturated carbocycles. The number of rotatable bonds is 4. The first-order valence-corrected chi connectivity index (χ1v) is 10.3. The lowest BCUT2D eigenvalue weighted by Gasteiger charge is -2.40. The fraction of sp³-hybridized carbons (Fsp3) is 0.733. The number of allylic oxidation sites excluding steroid dienone is 3. The van der Waals surface area contributed by atoms with Gasteiger partial charge in [-0.25, -0.2) is 0 Å². The van der Waals surface area contributed by atoms with E-state index in [0.717, 1.165) is 6.61 Å². The van der Waals surface area contributed by atoms with Crippen LogP contribution in [0, 0.1) is 0 Å². The van der Waals surface area contributed by atoms with Crippen LogP contribution in [0.3, 0.4) is 0 Å². The minimum Gasteiger partial charge on any atom is -0.415 e. The van der Waals surface area contributed by atoms with E-state index in [-0.39, 0.29) is 16.6 Å². The molecule has 0 bridgehead atoms. The Morgan fingerprint density at radius 3 is 2.47 bits per heavy atom. The van der Waals surface area contributed by atoms with Gasteiger partial charge in [0.15, 0.2) is 8.32 Å². The molecular weight excluding hydrogens is 274 g/mol. The minimum absolute atomic E-state index is 0.0667. The molecule has 0 aromatic heterocycles. The van der Waals surface area contributed by atoms with Crippen LogP contribution in [-0.2, 0) is 4.43 Å². The Balaban J connectivity index is 2.64. The summed E-state index contributed by atoms with van der Waals surface area (Å²) in [5, 5.41) is 0.250. The number of hydrogen-bond acceptors (Lipinski definition) is 2. The summed E-state index contributed by atoms with van der Waals surface area (Å²) in [5.41, 5.74) is 1.14. The molecule has 2 unspecified atom stereocenters. The predicted octanol–water partition coefficient (Wildman–Crippen LogP) is 4.74. The van der Waals surface area contributed by atoms with Crippen LogP contribution in [0.4, 0.5) is 0 Å². The van der Waals surface area contributed by atoms with Gasteiger partial charge in [-0.1, -0.05) is 38.4 Å². The van der Waals surface area contributed by atoms with Crippen molar-refractivity contribution < 1.29 is 4.43 Å². The second kappa shape index (κ2) is 6.02. The Bertz CT molecular complexity index is 371. The Kier molecular flexibility index (Phi) is 5.33. The molecule has 2 nitrogen and oxygen atoms in total. The quantitative estimate of drug-likeness (QED) is 0.422. The van der Waals surface area contributed by atoms with Crippen LogP contribution in [0.25, 0.3) is 0 Å². The van der Waals surface area contributed by atoms with Crippen molar-refractivity contribution in [3.05, 3.63) is 23.9 Å². The molecule has 0 spiro atoms. The summed E-state index contributed by atoms with van der Waals surface area (Å²) in [5.74, 6) is 0. The molecule has 0 aliphatic carbocycles. The highest BCUT2D eigenvalue weighted by Gasteiger charge is 2.38. The van der Waals surface area contributed by atoms with E-state index < -0.39 is 8.32 Å². The fourth-order valence-corrected chi connectivity index (χ4v) is 3.40. The summed E-state index contributed by atoms with van der Waals surface area (Å²) in [6.07, 6.45) is 6.13. The monoisotopic (exact) mass is 301 g/mol. The predicted molar refractivity (Wildman–Crippen MR) is 87.0 cm³/mol. The third-order valence-corrected chi connectivity index (χ3v) is 9.10. The van der Waals surface area contributed by atoms with Crippen molar-refractivity contribution >= 4 is 19.9 Å². The Morgan fingerprint density at radius 2 is 2.00 bits per heavy atom. The highest BCUT2D eigenvalue weighted by atomic mass is 35.5. The fourth-order valence-electron chi connectivity index (χ4n) is 1.88. The maximum atomic E-state index is 6.37. The van der Waals surface area contributed by atoms with Gasteiger partial charge in [0.1, 0.15) is 5.50 Å². The van der Waals surface area contributed by atoms with Gasteiger partial charge in [0.25, 0.3) is 0 Å². The maximum Gasteiger partial charge on any atom is 0.192 e. The lowest BCUT2D eigenvalue weighted by atomic mass is 10.2. The highest BCUT2D eigenvalue weighted by molar-refractivity contribution is 6.74. The van der Waals surface area contributed by atoms with Gasteiger partial charge < -0.3 is 9.33 Å². The summed E-state index contributed by atoms with van der Waals surface area (Å²) in [4.78, 5) is 2.22. The third-order valence-electron chi connectivity index (χ3n) is 4.25. The normalized spacial score (nSPS) is 22.4. The molecule has 110 valence electrons. The van der Waals surface area contributed by atoms with E-state index in [9.17, 15) is 0 Å². The van der Waals surface area contributed by atoms with Crippen LogP contribution < -0.4 is 0 Å². The second-order valence-corrected chi connectivity index (χ2v) is 12.1. The molecule has 1 aliphatic heterocycles. The van der Waals surface area contributed by atoms with Crippen molar-refractivity contribution in [2.24, 2.45) is 0 Å². The smallest absolute Gasteiger partial charge is 0.192 e. The minimum atomic E-state index is -1.68. The molecule has 1 rings (SSSR count). The average Bonchev–Trinajstić information content (AvgIpc) is 2.24. The van der Waals surface area contributed by atoms with Crippen LogP contribution in [0.2, 0.25) is 18.1 Å². The van der Waals surface area contributed by atoms with Crippen LogP contribution in [0.1, 0.15) is 34.6 Å². The van der Waals surface area contributed by atoms with E-state index in [1.165, 1.54) is 5.70 Å². The van der Waals surface area contributed by atoms with E-state index in [4.69, 9.17) is 16.0 Å². The Morgan fingerprint density at radius 1 is 1.42 bits per heavy atom. The second-order valence-electron chi connectivity index (χ2n) is 6.89. The van der Waals surface area contributed by atoms with Crippen LogP contribution in [0.5, 0.6) is 0 Å². The first-order valence-electron chi connectivity index (χ1n) is 6.98. The molecule has 4 heteroatoms. The number of nitrogens with zero attached hydrogens (tertiary/aromatic N) is 1. The summed E-state index contributed by atoms with van der Waals surface area (Å²) >= 11 is 6.37. The zero-order valence-electron chi connectivity index (χ0n) is 13.3. The van der Waals surface area contributed by atoms with Crippen LogP contribution in [0.15, 0.2) is 23.9 Å². The first-order chi connectivity index (χ1) is 8.56. The van der Waals surface area contributed by atoms with Crippen molar-refractivity contribution in [2.75, 3.05) is 6.61 Å². The molecule has 0 radical (unpaired) electrons. The summed E-state index contributed by atoms with van der Waals surface area (Å²) in [6.45, 7) is 16.4. The molecular formula is C15H28ClNOSi. The van der Waals surface area contributed by atoms with E-state index in [1.807, 2.05) is 12.2 Å². The zero-order valence-corrected chi connectivity index (χ0v) is 15.1. The van der Waals surface area contributed by atoms with Gasteiger partial charge in [-0.05, 0) is 44.1 Å². The van der Waals surface area contributed by atoms with Gasteiger partial charge in [-0.2, -0.15) is 0 Å². The maximum absolute atomic E-state index is 6.37. The molecule has 0 fully saturated rings. The number of halogens is 1. The Labute approximate surface area is 124 Å². The number of hydrogen-bond donors (Lipinski definition) is 0. The zero-order chi connectivity index (χ0) is 14.8.